The molecule has 4 heterocycles. The highest BCUT2D eigenvalue weighted by Crippen LogP contribution is 2.37. The van der Waals surface area contributed by atoms with Crippen LogP contribution in [0.5, 0.6) is 0 Å². The van der Waals surface area contributed by atoms with Crippen LogP contribution in [0, 0.1) is 0 Å². The second-order valence-electron chi connectivity index (χ2n) is 8.81. The number of hydrogen-bond acceptors (Lipinski definition) is 7. The van der Waals surface area contributed by atoms with Crippen molar-refractivity contribution in [3.05, 3.63) is 66.5 Å². The molecule has 1 N–H and O–H groups in total. The second-order valence-corrected chi connectivity index (χ2v) is 10.8. The number of nitrogens with zero attached hydrogens (tertiary/aromatic N) is 4. The van der Waals surface area contributed by atoms with Gasteiger partial charge in [0.05, 0.1) is 30.9 Å². The van der Waals surface area contributed by atoms with E-state index in [1.54, 1.807) is 35.4 Å². The molecule has 10 heteroatoms. The Labute approximate surface area is 202 Å². The lowest BCUT2D eigenvalue weighted by Gasteiger charge is -2.43. The second kappa shape index (κ2) is 8.17. The fourth-order valence-corrected chi connectivity index (χ4v) is 5.27. The molecule has 1 atom stereocenters. The maximum Gasteiger partial charge on any atom is 0.252 e. The van der Waals surface area contributed by atoms with Gasteiger partial charge in [-0.1, -0.05) is 24.3 Å². The predicted octanol–water partition coefficient (Wildman–Crippen LogP) is 2.78. The van der Waals surface area contributed by atoms with Crippen LogP contribution in [0.2, 0.25) is 0 Å². The first-order valence-corrected chi connectivity index (χ1v) is 13.2. The number of aromatic nitrogens is 3. The van der Waals surface area contributed by atoms with E-state index in [9.17, 15) is 13.2 Å². The van der Waals surface area contributed by atoms with Crippen molar-refractivity contribution in [3.63, 3.8) is 0 Å². The Kier molecular flexibility index (Phi) is 5.08. The van der Waals surface area contributed by atoms with E-state index in [0.717, 1.165) is 22.0 Å². The van der Waals surface area contributed by atoms with Crippen molar-refractivity contribution in [2.45, 2.75) is 17.5 Å². The SMILES string of the molecule is CS(=O)(=O)c1ccc(CN2C(=O)C3COCCN3c3nc(-c4ccc5cc[nH]c5c4)ncc32)cc1. The van der Waals surface area contributed by atoms with Crippen molar-refractivity contribution in [1.82, 2.24) is 15.0 Å². The lowest BCUT2D eigenvalue weighted by molar-refractivity contribution is -0.122. The average Bonchev–Trinajstić information content (AvgIpc) is 3.34. The van der Waals surface area contributed by atoms with E-state index in [1.807, 2.05) is 35.4 Å². The molecule has 1 saturated heterocycles. The van der Waals surface area contributed by atoms with Crippen molar-refractivity contribution >= 4 is 38.2 Å². The predicted molar refractivity (Wildman–Crippen MR) is 132 cm³/mol. The van der Waals surface area contributed by atoms with E-state index in [4.69, 9.17) is 9.72 Å². The summed E-state index contributed by atoms with van der Waals surface area (Å²) in [6.45, 7) is 1.64. The number of carbonyl (C=O) groups excluding carboxylic acids is 1. The number of amides is 1. The van der Waals surface area contributed by atoms with Gasteiger partial charge in [0, 0.05) is 30.1 Å². The summed E-state index contributed by atoms with van der Waals surface area (Å²) in [4.78, 5) is 30.1. The third kappa shape index (κ3) is 3.84. The van der Waals surface area contributed by atoms with E-state index in [1.165, 1.54) is 6.26 Å². The number of benzene rings is 2. The van der Waals surface area contributed by atoms with E-state index in [0.29, 0.717) is 30.5 Å². The molecule has 2 aliphatic rings. The van der Waals surface area contributed by atoms with Gasteiger partial charge in [-0.15, -0.1) is 0 Å². The Morgan fingerprint density at radius 2 is 1.97 bits per heavy atom. The molecule has 0 spiro atoms. The smallest absolute Gasteiger partial charge is 0.252 e. The molecule has 6 rings (SSSR count). The number of morpholine rings is 1. The molecule has 2 aromatic carbocycles. The number of anilines is 2. The van der Waals surface area contributed by atoms with Gasteiger partial charge in [-0.2, -0.15) is 0 Å². The molecule has 2 aromatic heterocycles. The van der Waals surface area contributed by atoms with Crippen molar-refractivity contribution in [3.8, 4) is 11.4 Å². The lowest BCUT2D eigenvalue weighted by Crippen LogP contribution is -2.58. The zero-order valence-electron chi connectivity index (χ0n) is 19.0. The molecule has 178 valence electrons. The van der Waals surface area contributed by atoms with Gasteiger partial charge >= 0.3 is 0 Å². The fraction of sp³-hybridized carbons (Fsp3) is 0.240. The van der Waals surface area contributed by atoms with Gasteiger partial charge in [0.1, 0.15) is 11.7 Å². The molecule has 0 saturated carbocycles. The first kappa shape index (κ1) is 21.8. The van der Waals surface area contributed by atoms with Gasteiger partial charge in [0.25, 0.3) is 5.91 Å². The van der Waals surface area contributed by atoms with Crippen molar-refractivity contribution in [2.75, 3.05) is 35.8 Å². The molecule has 1 amide bonds. The first-order chi connectivity index (χ1) is 16.9. The fourth-order valence-electron chi connectivity index (χ4n) is 4.64. The zero-order valence-corrected chi connectivity index (χ0v) is 19.8. The number of fused-ring (bicyclic) bond motifs is 4. The van der Waals surface area contributed by atoms with E-state index < -0.39 is 15.9 Å². The average molecular weight is 490 g/mol. The third-order valence-corrected chi connectivity index (χ3v) is 7.63. The van der Waals surface area contributed by atoms with Gasteiger partial charge in [-0.3, -0.25) is 4.79 Å². The summed E-state index contributed by atoms with van der Waals surface area (Å²) in [6.07, 6.45) is 4.77. The molecule has 35 heavy (non-hydrogen) atoms. The van der Waals surface area contributed by atoms with Crippen LogP contribution in [-0.2, 0) is 25.9 Å². The van der Waals surface area contributed by atoms with Crippen LogP contribution in [0.4, 0.5) is 11.5 Å². The van der Waals surface area contributed by atoms with E-state index >= 15 is 0 Å². The van der Waals surface area contributed by atoms with Crippen molar-refractivity contribution in [2.24, 2.45) is 0 Å². The minimum Gasteiger partial charge on any atom is -0.377 e. The van der Waals surface area contributed by atoms with Crippen LogP contribution >= 0.6 is 0 Å². The number of sulfone groups is 1. The molecule has 0 aliphatic carbocycles. The maximum absolute atomic E-state index is 13.5. The summed E-state index contributed by atoms with van der Waals surface area (Å²) in [5, 5.41) is 1.11. The van der Waals surface area contributed by atoms with Gasteiger partial charge in [0.15, 0.2) is 21.5 Å². The zero-order chi connectivity index (χ0) is 24.2. The Hall–Kier alpha value is -3.76. The molecule has 9 nitrogen and oxygen atoms in total. The largest absolute Gasteiger partial charge is 0.377 e. The maximum atomic E-state index is 13.5. The monoisotopic (exact) mass is 489 g/mol. The Balaban J connectivity index is 1.40. The van der Waals surface area contributed by atoms with Crippen LogP contribution in [0.3, 0.4) is 0 Å². The molecule has 2 aliphatic heterocycles. The molecular weight excluding hydrogens is 466 g/mol. The van der Waals surface area contributed by atoms with Gasteiger partial charge in [0.2, 0.25) is 0 Å². The lowest BCUT2D eigenvalue weighted by atomic mass is 10.1. The summed E-state index contributed by atoms with van der Waals surface area (Å²) in [7, 11) is -3.30. The van der Waals surface area contributed by atoms with Crippen LogP contribution in [0.1, 0.15) is 5.56 Å². The van der Waals surface area contributed by atoms with Gasteiger partial charge in [-0.25, -0.2) is 18.4 Å². The molecular formula is C25H23N5O4S. The van der Waals surface area contributed by atoms with Crippen molar-refractivity contribution in [1.29, 1.82) is 0 Å². The number of aromatic amines is 1. The molecule has 1 fully saturated rings. The van der Waals surface area contributed by atoms with E-state index in [2.05, 4.69) is 9.97 Å². The highest BCUT2D eigenvalue weighted by Gasteiger charge is 2.41. The number of H-pyrrole nitrogens is 1. The number of hydrogen-bond donors (Lipinski definition) is 1. The summed E-state index contributed by atoms with van der Waals surface area (Å²) in [6, 6.07) is 14.2. The Morgan fingerprint density at radius 3 is 2.77 bits per heavy atom. The standard InChI is InChI=1S/C25H23N5O4S/c1-35(32,33)19-6-2-16(3-7-19)14-30-21-13-27-23(18-5-4-17-8-9-26-20(17)12-18)28-24(21)29-10-11-34-15-22(29)25(30)31/h2-9,12-13,22,26H,10-11,14-15H2,1H3. The Bertz CT molecular complexity index is 1550. The number of rotatable bonds is 4. The van der Waals surface area contributed by atoms with Gasteiger partial charge < -0.3 is 19.5 Å². The third-order valence-electron chi connectivity index (χ3n) is 6.50. The van der Waals surface area contributed by atoms with Crippen LogP contribution in [0.25, 0.3) is 22.3 Å². The highest BCUT2D eigenvalue weighted by atomic mass is 32.2. The summed E-state index contributed by atoms with van der Waals surface area (Å²) < 4.78 is 29.2. The van der Waals surface area contributed by atoms with Crippen molar-refractivity contribution < 1.29 is 17.9 Å². The molecule has 1 unspecified atom stereocenters. The number of ether oxygens (including phenoxy) is 1. The number of carbonyl (C=O) groups is 1. The summed E-state index contributed by atoms with van der Waals surface area (Å²) >= 11 is 0. The Morgan fingerprint density at radius 1 is 1.14 bits per heavy atom. The molecule has 0 bridgehead atoms. The van der Waals surface area contributed by atoms with Crippen LogP contribution < -0.4 is 9.80 Å². The molecule has 4 aromatic rings. The number of nitrogens with one attached hydrogen (secondary N) is 1. The topological polar surface area (TPSA) is 108 Å². The summed E-state index contributed by atoms with van der Waals surface area (Å²) in [5.41, 5.74) is 3.32. The highest BCUT2D eigenvalue weighted by molar-refractivity contribution is 7.90. The van der Waals surface area contributed by atoms with Crippen LogP contribution in [0.15, 0.2) is 65.8 Å². The van der Waals surface area contributed by atoms with E-state index in [-0.39, 0.29) is 24.0 Å². The first-order valence-electron chi connectivity index (χ1n) is 11.3. The normalized spacial score (nSPS) is 18.0. The quantitative estimate of drug-likeness (QED) is 0.470. The van der Waals surface area contributed by atoms with Gasteiger partial charge in [-0.05, 0) is 35.2 Å². The minimum absolute atomic E-state index is 0.0893. The summed E-state index contributed by atoms with van der Waals surface area (Å²) in [5.74, 6) is 1.19. The molecule has 0 radical (unpaired) electrons. The van der Waals surface area contributed by atoms with Crippen LogP contribution in [-0.4, -0.2) is 61.3 Å². The minimum atomic E-state index is -3.30.